The van der Waals surface area contributed by atoms with Gasteiger partial charge >= 0.3 is 0 Å². The second-order valence-electron chi connectivity index (χ2n) is 4.77. The Balaban J connectivity index is 1.85. The number of aromatic nitrogens is 1. The van der Waals surface area contributed by atoms with Gasteiger partial charge in [0, 0.05) is 10.6 Å². The molecule has 1 amide bonds. The van der Waals surface area contributed by atoms with Crippen molar-refractivity contribution >= 4 is 44.2 Å². The lowest BCUT2D eigenvalue weighted by Crippen LogP contribution is -2.11. The van der Waals surface area contributed by atoms with E-state index in [0.717, 1.165) is 15.8 Å². The van der Waals surface area contributed by atoms with Gasteiger partial charge < -0.3 is 4.74 Å². The zero-order valence-corrected chi connectivity index (χ0v) is 13.6. The number of nitrogens with zero attached hydrogens (tertiary/aromatic N) is 1. The molecule has 0 bridgehead atoms. The van der Waals surface area contributed by atoms with Crippen LogP contribution in [0.15, 0.2) is 36.4 Å². The molecule has 1 aromatic heterocycles. The topological polar surface area (TPSA) is 51.2 Å². The molecule has 3 aromatic rings. The molecule has 0 aliphatic rings. The number of rotatable bonds is 3. The molecule has 0 atom stereocenters. The second kappa shape index (κ2) is 5.94. The molecule has 6 heteroatoms. The highest BCUT2D eigenvalue weighted by Gasteiger charge is 2.11. The van der Waals surface area contributed by atoms with Gasteiger partial charge in [0.25, 0.3) is 5.91 Å². The van der Waals surface area contributed by atoms with Gasteiger partial charge in [0.1, 0.15) is 5.75 Å². The van der Waals surface area contributed by atoms with Crippen LogP contribution in [0.25, 0.3) is 10.2 Å². The molecule has 112 valence electrons. The highest BCUT2D eigenvalue weighted by Crippen LogP contribution is 2.31. The first-order chi connectivity index (χ1) is 10.6. The molecule has 0 radical (unpaired) electrons. The summed E-state index contributed by atoms with van der Waals surface area (Å²) in [6, 6.07) is 10.6. The maximum Gasteiger partial charge on any atom is 0.257 e. The average molecular weight is 333 g/mol. The highest BCUT2D eigenvalue weighted by molar-refractivity contribution is 7.22. The summed E-state index contributed by atoms with van der Waals surface area (Å²) < 4.78 is 6.03. The number of amides is 1. The number of anilines is 1. The third-order valence-corrected chi connectivity index (χ3v) is 4.36. The van der Waals surface area contributed by atoms with Crippen molar-refractivity contribution in [3.05, 3.63) is 52.5 Å². The van der Waals surface area contributed by atoms with Crippen LogP contribution in [0.5, 0.6) is 5.75 Å². The summed E-state index contributed by atoms with van der Waals surface area (Å²) in [4.78, 5) is 16.7. The Morgan fingerprint density at radius 1 is 1.27 bits per heavy atom. The molecule has 0 saturated carbocycles. The van der Waals surface area contributed by atoms with Crippen LogP contribution in [-0.4, -0.2) is 18.0 Å². The maximum atomic E-state index is 12.2. The Morgan fingerprint density at radius 3 is 2.68 bits per heavy atom. The highest BCUT2D eigenvalue weighted by atomic mass is 35.5. The smallest absolute Gasteiger partial charge is 0.257 e. The minimum Gasteiger partial charge on any atom is -0.497 e. The predicted molar refractivity (Wildman–Crippen MR) is 90.3 cm³/mol. The van der Waals surface area contributed by atoms with Crippen LogP contribution in [0.2, 0.25) is 5.02 Å². The molecule has 22 heavy (non-hydrogen) atoms. The fourth-order valence-corrected chi connectivity index (χ4v) is 3.44. The minimum absolute atomic E-state index is 0.203. The number of aryl methyl sites for hydroxylation is 1. The van der Waals surface area contributed by atoms with Crippen LogP contribution in [0.1, 0.15) is 15.9 Å². The molecule has 2 aromatic carbocycles. The molecule has 0 saturated heterocycles. The standard InChI is InChI=1S/C16H13ClN2O2S/c1-9-7-11(17)8-13-14(9)18-16(22-13)19-15(20)10-3-5-12(21-2)6-4-10/h3-8H,1-2H3,(H,18,19,20). The van der Waals surface area contributed by atoms with Crippen molar-refractivity contribution in [1.82, 2.24) is 4.98 Å². The average Bonchev–Trinajstić information content (AvgIpc) is 2.90. The van der Waals surface area contributed by atoms with E-state index in [1.807, 2.05) is 19.1 Å². The number of carbonyl (C=O) groups is 1. The third-order valence-electron chi connectivity index (χ3n) is 3.22. The summed E-state index contributed by atoms with van der Waals surface area (Å²) in [5.41, 5.74) is 2.40. The Bertz CT molecular complexity index is 843. The number of hydrogen-bond donors (Lipinski definition) is 1. The van der Waals surface area contributed by atoms with Gasteiger partial charge in [0.15, 0.2) is 5.13 Å². The Morgan fingerprint density at radius 2 is 2.00 bits per heavy atom. The molecular formula is C16H13ClN2O2S. The molecule has 0 unspecified atom stereocenters. The molecule has 0 spiro atoms. The van der Waals surface area contributed by atoms with E-state index >= 15 is 0 Å². The minimum atomic E-state index is -0.203. The lowest BCUT2D eigenvalue weighted by molar-refractivity contribution is 0.102. The fraction of sp³-hybridized carbons (Fsp3) is 0.125. The number of thiazole rings is 1. The zero-order chi connectivity index (χ0) is 15.7. The van der Waals surface area contributed by atoms with Crippen molar-refractivity contribution in [2.24, 2.45) is 0 Å². The van der Waals surface area contributed by atoms with Gasteiger partial charge in [-0.2, -0.15) is 0 Å². The van der Waals surface area contributed by atoms with Crippen LogP contribution < -0.4 is 10.1 Å². The van der Waals surface area contributed by atoms with Gasteiger partial charge in [-0.05, 0) is 48.9 Å². The van der Waals surface area contributed by atoms with Crippen LogP contribution in [0.4, 0.5) is 5.13 Å². The van der Waals surface area contributed by atoms with Crippen molar-refractivity contribution in [2.75, 3.05) is 12.4 Å². The van der Waals surface area contributed by atoms with E-state index in [1.165, 1.54) is 11.3 Å². The van der Waals surface area contributed by atoms with Gasteiger partial charge in [-0.3, -0.25) is 10.1 Å². The number of carbonyl (C=O) groups excluding carboxylic acids is 1. The number of fused-ring (bicyclic) bond motifs is 1. The van der Waals surface area contributed by atoms with Gasteiger partial charge in [-0.1, -0.05) is 22.9 Å². The number of halogens is 1. The zero-order valence-electron chi connectivity index (χ0n) is 12.0. The van der Waals surface area contributed by atoms with Gasteiger partial charge in [0.05, 0.1) is 17.3 Å². The van der Waals surface area contributed by atoms with Crippen LogP contribution in [0.3, 0.4) is 0 Å². The SMILES string of the molecule is COc1ccc(C(=O)Nc2nc3c(C)cc(Cl)cc3s2)cc1. The number of ether oxygens (including phenoxy) is 1. The largest absolute Gasteiger partial charge is 0.497 e. The van der Waals surface area contributed by atoms with Crippen molar-refractivity contribution in [1.29, 1.82) is 0 Å². The number of benzene rings is 2. The number of methoxy groups -OCH3 is 1. The third kappa shape index (κ3) is 2.91. The van der Waals surface area contributed by atoms with Crippen molar-refractivity contribution in [3.63, 3.8) is 0 Å². The first-order valence-corrected chi connectivity index (χ1v) is 7.78. The van der Waals surface area contributed by atoms with E-state index in [2.05, 4.69) is 10.3 Å². The fourth-order valence-electron chi connectivity index (χ4n) is 2.12. The Kier molecular flexibility index (Phi) is 4.00. The molecular weight excluding hydrogens is 320 g/mol. The first-order valence-electron chi connectivity index (χ1n) is 6.59. The van der Waals surface area contributed by atoms with E-state index in [-0.39, 0.29) is 5.91 Å². The molecule has 1 heterocycles. The van der Waals surface area contributed by atoms with Crippen LogP contribution in [-0.2, 0) is 0 Å². The van der Waals surface area contributed by atoms with Gasteiger partial charge in [0.2, 0.25) is 0 Å². The first kappa shape index (κ1) is 14.8. The van der Waals surface area contributed by atoms with Crippen molar-refractivity contribution in [3.8, 4) is 5.75 Å². The molecule has 3 rings (SSSR count). The summed E-state index contributed by atoms with van der Waals surface area (Å²) in [6.07, 6.45) is 0. The predicted octanol–water partition coefficient (Wildman–Crippen LogP) is 4.52. The summed E-state index contributed by atoms with van der Waals surface area (Å²) in [5, 5.41) is 4.04. The summed E-state index contributed by atoms with van der Waals surface area (Å²) in [5.74, 6) is 0.507. The van der Waals surface area contributed by atoms with Crippen LogP contribution >= 0.6 is 22.9 Å². The van der Waals surface area contributed by atoms with E-state index in [4.69, 9.17) is 16.3 Å². The van der Waals surface area contributed by atoms with Crippen molar-refractivity contribution in [2.45, 2.75) is 6.92 Å². The maximum absolute atomic E-state index is 12.2. The molecule has 0 aliphatic carbocycles. The Hall–Kier alpha value is -2.11. The number of nitrogens with one attached hydrogen (secondary N) is 1. The quantitative estimate of drug-likeness (QED) is 0.767. The van der Waals surface area contributed by atoms with E-state index in [1.54, 1.807) is 31.4 Å². The van der Waals surface area contributed by atoms with Gasteiger partial charge in [-0.25, -0.2) is 4.98 Å². The van der Waals surface area contributed by atoms with E-state index in [0.29, 0.717) is 21.5 Å². The van der Waals surface area contributed by atoms with Crippen LogP contribution in [0, 0.1) is 6.92 Å². The van der Waals surface area contributed by atoms with E-state index < -0.39 is 0 Å². The van der Waals surface area contributed by atoms with Crippen molar-refractivity contribution < 1.29 is 9.53 Å². The van der Waals surface area contributed by atoms with Gasteiger partial charge in [-0.15, -0.1) is 0 Å². The summed E-state index contributed by atoms with van der Waals surface area (Å²) in [6.45, 7) is 1.95. The lowest BCUT2D eigenvalue weighted by atomic mass is 10.2. The number of hydrogen-bond acceptors (Lipinski definition) is 4. The normalized spacial score (nSPS) is 10.7. The summed E-state index contributed by atoms with van der Waals surface area (Å²) in [7, 11) is 1.59. The second-order valence-corrected chi connectivity index (χ2v) is 6.24. The lowest BCUT2D eigenvalue weighted by Gasteiger charge is -2.03. The monoisotopic (exact) mass is 332 g/mol. The molecule has 0 fully saturated rings. The summed E-state index contributed by atoms with van der Waals surface area (Å²) >= 11 is 7.45. The van der Waals surface area contributed by atoms with E-state index in [9.17, 15) is 4.79 Å². The molecule has 1 N–H and O–H groups in total. The Labute approximate surface area is 136 Å². The molecule has 4 nitrogen and oxygen atoms in total. The molecule has 0 aliphatic heterocycles.